The second kappa shape index (κ2) is 17.9. The summed E-state index contributed by atoms with van der Waals surface area (Å²) >= 11 is 24.0. The van der Waals surface area contributed by atoms with Crippen LogP contribution in [0.25, 0.3) is 0 Å². The Kier molecular flexibility index (Phi) is 12.5. The van der Waals surface area contributed by atoms with Crippen molar-refractivity contribution in [2.45, 2.75) is 76.3 Å². The normalized spacial score (nSPS) is 24.5. The van der Waals surface area contributed by atoms with E-state index in [0.29, 0.717) is 0 Å². The first-order chi connectivity index (χ1) is 29.3. The topological polar surface area (TPSA) is 19.4 Å². The Labute approximate surface area is 403 Å². The first kappa shape index (κ1) is 41.9. The van der Waals surface area contributed by atoms with Gasteiger partial charge in [-0.05, 0) is 69.8 Å². The van der Waals surface area contributed by atoms with Crippen molar-refractivity contribution >= 4 is 95.6 Å². The molecule has 60 heavy (non-hydrogen) atoms. The zero-order valence-electron chi connectivity index (χ0n) is 32.5. The van der Waals surface area contributed by atoms with E-state index in [4.69, 9.17) is 0 Å². The summed E-state index contributed by atoms with van der Waals surface area (Å²) in [7, 11) is 0. The number of hydrogen-bond acceptors (Lipinski definition) is 6. The molecule has 6 aromatic rings. The smallest absolute Gasteiger partial charge is 0.0955 e. The Morgan fingerprint density at radius 3 is 0.500 bits per heavy atom. The van der Waals surface area contributed by atoms with Crippen molar-refractivity contribution in [2.24, 2.45) is 0 Å². The van der Waals surface area contributed by atoms with Crippen LogP contribution in [0.3, 0.4) is 0 Å². The van der Waals surface area contributed by atoms with Crippen LogP contribution >= 0.6 is 95.6 Å². The van der Waals surface area contributed by atoms with Gasteiger partial charge in [-0.15, -0.1) is 0 Å². The van der Waals surface area contributed by atoms with E-state index < -0.39 is 0 Å². The van der Waals surface area contributed by atoms with Gasteiger partial charge in [0.25, 0.3) is 0 Å². The Hall–Kier alpha value is -2.04. The van der Waals surface area contributed by atoms with Crippen molar-refractivity contribution in [1.82, 2.24) is 29.4 Å². The highest BCUT2D eigenvalue weighted by Crippen LogP contribution is 2.55. The molecule has 0 radical (unpaired) electrons. The maximum Gasteiger partial charge on any atom is 0.0955 e. The van der Waals surface area contributed by atoms with Crippen LogP contribution in [0.2, 0.25) is 0 Å². The number of nitrogens with zero attached hydrogens (tertiary/aromatic N) is 6. The lowest BCUT2D eigenvalue weighted by molar-refractivity contribution is -0.166. The third-order valence-electron chi connectivity index (χ3n) is 12.7. The molecule has 0 unspecified atom stereocenters. The van der Waals surface area contributed by atoms with Crippen LogP contribution in [0.5, 0.6) is 0 Å². The molecule has 0 aromatic heterocycles. The summed E-state index contributed by atoms with van der Waals surface area (Å²) in [6.07, 6.45) is 0.251. The first-order valence-electron chi connectivity index (χ1n) is 20.2. The molecule has 0 saturated carbocycles. The molecule has 5 fully saturated rings. The minimum Gasteiger partial charge on any atom is -0.262 e. The highest BCUT2D eigenvalue weighted by atomic mass is 79.9. The third-order valence-corrected chi connectivity index (χ3v) is 17.4. The molecule has 0 aliphatic carbocycles. The number of benzene rings is 6. The van der Waals surface area contributed by atoms with Crippen molar-refractivity contribution in [3.05, 3.63) is 206 Å². The molecule has 0 amide bonds. The van der Waals surface area contributed by atoms with E-state index in [1.807, 2.05) is 0 Å². The Morgan fingerprint density at radius 2 is 0.367 bits per heavy atom. The van der Waals surface area contributed by atoms with Crippen molar-refractivity contribution in [1.29, 1.82) is 0 Å². The summed E-state index contributed by atoms with van der Waals surface area (Å²) in [5.41, 5.74) is 7.74. The summed E-state index contributed by atoms with van der Waals surface area (Å²) in [6.45, 7) is 4.72. The molecule has 5 aliphatic heterocycles. The van der Waals surface area contributed by atoms with Gasteiger partial charge in [0, 0.05) is 66.1 Å². The quantitative estimate of drug-likeness (QED) is 0.121. The van der Waals surface area contributed by atoms with Gasteiger partial charge in [-0.1, -0.05) is 205 Å². The molecule has 11 rings (SSSR count). The van der Waals surface area contributed by atoms with Crippen LogP contribution in [0.15, 0.2) is 172 Å². The molecule has 5 aliphatic rings. The Morgan fingerprint density at radius 1 is 0.233 bits per heavy atom. The van der Waals surface area contributed by atoms with Crippen molar-refractivity contribution in [3.63, 3.8) is 0 Å². The van der Waals surface area contributed by atoms with Crippen LogP contribution in [-0.4, -0.2) is 66.4 Å². The van der Waals surface area contributed by atoms with Gasteiger partial charge in [0.1, 0.15) is 0 Å². The van der Waals surface area contributed by atoms with Gasteiger partial charge in [0.2, 0.25) is 0 Å². The largest absolute Gasteiger partial charge is 0.262 e. The maximum atomic E-state index is 4.01. The van der Waals surface area contributed by atoms with Crippen LogP contribution in [0, 0.1) is 0 Å². The molecule has 0 atom stereocenters. The third kappa shape index (κ3) is 7.72. The lowest BCUT2D eigenvalue weighted by Gasteiger charge is -2.56. The fourth-order valence-corrected chi connectivity index (χ4v) is 12.7. The van der Waals surface area contributed by atoms with Gasteiger partial charge in [0.05, 0.1) is 37.0 Å². The molecular formula is C48H42Br6N6. The number of piperazine rings is 1. The molecule has 0 spiro atoms. The summed E-state index contributed by atoms with van der Waals surface area (Å²) in [5.74, 6) is 0. The lowest BCUT2D eigenvalue weighted by Crippen LogP contribution is -2.73. The van der Waals surface area contributed by atoms with E-state index >= 15 is 0 Å². The fraction of sp³-hybridized carbons (Fsp3) is 0.250. The van der Waals surface area contributed by atoms with Crippen LogP contribution in [-0.2, 0) is 39.3 Å². The van der Waals surface area contributed by atoms with Gasteiger partial charge in [0.15, 0.2) is 0 Å². The molecule has 5 saturated heterocycles. The fourth-order valence-electron chi connectivity index (χ4n) is 10.2. The molecule has 0 N–H and O–H groups in total. The van der Waals surface area contributed by atoms with E-state index in [1.165, 1.54) is 33.4 Å². The lowest BCUT2D eigenvalue weighted by atomic mass is 10.0. The van der Waals surface area contributed by atoms with E-state index in [-0.39, 0.29) is 37.0 Å². The highest BCUT2D eigenvalue weighted by molar-refractivity contribution is 9.11. The van der Waals surface area contributed by atoms with Gasteiger partial charge >= 0.3 is 0 Å². The number of rotatable bonds is 12. The zero-order chi connectivity index (χ0) is 41.1. The predicted molar refractivity (Wildman–Crippen MR) is 261 cm³/mol. The second-order valence-electron chi connectivity index (χ2n) is 16.1. The average Bonchev–Trinajstić information content (AvgIpc) is 3.67. The van der Waals surface area contributed by atoms with E-state index in [2.05, 4.69) is 271 Å². The summed E-state index contributed by atoms with van der Waals surface area (Å²) in [6, 6.07) is 52.8. The summed E-state index contributed by atoms with van der Waals surface area (Å²) in [5, 5.41) is 0. The Bertz CT molecular complexity index is 2230. The van der Waals surface area contributed by atoms with E-state index in [0.717, 1.165) is 66.1 Å². The average molecular weight is 1180 g/mol. The summed E-state index contributed by atoms with van der Waals surface area (Å²) < 4.78 is 6.84. The van der Waals surface area contributed by atoms with Crippen molar-refractivity contribution in [3.8, 4) is 0 Å². The predicted octanol–water partition coefficient (Wildman–Crippen LogP) is 12.6. The van der Waals surface area contributed by atoms with Crippen LogP contribution in [0.1, 0.15) is 33.4 Å². The number of halogens is 6. The minimum atomic E-state index is 0.0186. The van der Waals surface area contributed by atoms with Crippen LogP contribution in [0.4, 0.5) is 0 Å². The van der Waals surface area contributed by atoms with Gasteiger partial charge in [-0.2, -0.15) is 0 Å². The summed E-state index contributed by atoms with van der Waals surface area (Å²) in [4.78, 5) is 17.1. The molecule has 12 heteroatoms. The Balaban J connectivity index is 1.25. The maximum absolute atomic E-state index is 4.01. The minimum absolute atomic E-state index is 0.0186. The van der Waals surface area contributed by atoms with Crippen molar-refractivity contribution < 1.29 is 0 Å². The molecule has 6 nitrogen and oxygen atoms in total. The molecule has 6 aromatic carbocycles. The highest BCUT2D eigenvalue weighted by Gasteiger charge is 2.71. The zero-order valence-corrected chi connectivity index (χ0v) is 42.0. The molecule has 6 bridgehead atoms. The first-order valence-corrected chi connectivity index (χ1v) is 25.0. The van der Waals surface area contributed by atoms with Gasteiger partial charge < -0.3 is 0 Å². The monoisotopic (exact) mass is 1180 g/mol. The van der Waals surface area contributed by atoms with Gasteiger partial charge in [-0.3, -0.25) is 29.4 Å². The molecule has 5 heterocycles. The van der Waals surface area contributed by atoms with Gasteiger partial charge in [-0.25, -0.2) is 0 Å². The second-order valence-corrected chi connectivity index (χ2v) is 21.2. The standard InChI is InChI=1S/C48H42Br6N6/c49-37-19-7-1-13-31(37)25-55-43-44-56(26-32-14-2-8-20-38(32)50)47(55)48-57(27-33-15-3-9-21-39(33)51)45(59(43)29-35-17-5-11-23-41(35)53)46(58(48)28-34-16-4-10-22-40(34)52)60(44)30-36-18-6-12-24-42(36)54/h1-24,43-48H,25-30H2. The molecular weight excluding hydrogens is 1140 g/mol. The van der Waals surface area contributed by atoms with Crippen molar-refractivity contribution in [2.75, 3.05) is 0 Å². The SMILES string of the molecule is Brc1ccccc1CN1C2C3N(Cc4ccccc4Br)C1C1N(Cc4ccccc4Br)C(C(N1Cc1ccccc1Br)N3Cc1ccccc1Br)N2Cc1ccccc1Br. The van der Waals surface area contributed by atoms with Crippen LogP contribution < -0.4 is 0 Å². The molecule has 306 valence electrons. The van der Waals surface area contributed by atoms with E-state index in [9.17, 15) is 0 Å². The van der Waals surface area contributed by atoms with E-state index in [1.54, 1.807) is 0 Å². The number of hydrogen-bond donors (Lipinski definition) is 0.